The first-order chi connectivity index (χ1) is 11.8. The zero-order valence-electron chi connectivity index (χ0n) is 16.1. The van der Waals surface area contributed by atoms with E-state index in [1.165, 1.54) is 12.8 Å². The summed E-state index contributed by atoms with van der Waals surface area (Å²) < 4.78 is 16.0. The van der Waals surface area contributed by atoms with E-state index >= 15 is 0 Å². The highest BCUT2D eigenvalue weighted by Gasteiger charge is 2.61. The van der Waals surface area contributed by atoms with Crippen LogP contribution in [0.2, 0.25) is 0 Å². The SMILES string of the molecule is COc1cc(OC)c(C(=O)NC2CC3CCC2(C)C3(C)C)cc1OC. The van der Waals surface area contributed by atoms with E-state index in [0.29, 0.717) is 28.7 Å². The van der Waals surface area contributed by atoms with Gasteiger partial charge >= 0.3 is 0 Å². The lowest BCUT2D eigenvalue weighted by Gasteiger charge is -2.39. The molecule has 5 heteroatoms. The van der Waals surface area contributed by atoms with Crippen LogP contribution < -0.4 is 19.5 Å². The quantitative estimate of drug-likeness (QED) is 0.883. The van der Waals surface area contributed by atoms with Gasteiger partial charge < -0.3 is 19.5 Å². The van der Waals surface area contributed by atoms with Crippen LogP contribution in [0.3, 0.4) is 0 Å². The third-order valence-electron chi connectivity index (χ3n) is 7.05. The highest BCUT2D eigenvalue weighted by atomic mass is 16.5. The fourth-order valence-electron chi connectivity index (χ4n) is 4.86. The number of hydrogen-bond donors (Lipinski definition) is 1. The van der Waals surface area contributed by atoms with E-state index in [-0.39, 0.29) is 22.8 Å². The van der Waals surface area contributed by atoms with Crippen molar-refractivity contribution in [2.24, 2.45) is 16.7 Å². The average Bonchev–Trinajstić information content (AvgIpc) is 2.93. The molecule has 1 N–H and O–H groups in total. The van der Waals surface area contributed by atoms with Crippen LogP contribution in [0, 0.1) is 16.7 Å². The van der Waals surface area contributed by atoms with Gasteiger partial charge in [-0.05, 0) is 36.0 Å². The second-order valence-electron chi connectivity index (χ2n) is 8.04. The molecule has 2 fully saturated rings. The summed E-state index contributed by atoms with van der Waals surface area (Å²) in [6.07, 6.45) is 3.47. The van der Waals surface area contributed by atoms with Crippen LogP contribution in [0.5, 0.6) is 17.2 Å². The Morgan fingerprint density at radius 1 is 1.04 bits per heavy atom. The number of nitrogens with one attached hydrogen (secondary N) is 1. The Bertz CT molecular complexity index is 685. The lowest BCUT2D eigenvalue weighted by molar-refractivity contribution is 0.0823. The number of fused-ring (bicyclic) bond motifs is 2. The van der Waals surface area contributed by atoms with Gasteiger partial charge in [-0.3, -0.25) is 4.79 Å². The highest BCUT2D eigenvalue weighted by molar-refractivity contribution is 5.98. The number of rotatable bonds is 5. The molecule has 2 saturated carbocycles. The van der Waals surface area contributed by atoms with Crippen LogP contribution in [0.1, 0.15) is 50.4 Å². The van der Waals surface area contributed by atoms with Gasteiger partial charge in [0.15, 0.2) is 11.5 Å². The number of amides is 1. The fourth-order valence-corrected chi connectivity index (χ4v) is 4.86. The molecule has 1 amide bonds. The molecule has 2 bridgehead atoms. The lowest BCUT2D eigenvalue weighted by atomic mass is 9.69. The van der Waals surface area contributed by atoms with Crippen molar-refractivity contribution in [3.63, 3.8) is 0 Å². The van der Waals surface area contributed by atoms with E-state index < -0.39 is 0 Å². The lowest BCUT2D eigenvalue weighted by Crippen LogP contribution is -2.46. The normalized spacial score (nSPS) is 29.4. The topological polar surface area (TPSA) is 56.8 Å². The first-order valence-corrected chi connectivity index (χ1v) is 8.89. The molecular weight excluding hydrogens is 318 g/mol. The van der Waals surface area contributed by atoms with Gasteiger partial charge in [-0.25, -0.2) is 0 Å². The van der Waals surface area contributed by atoms with Gasteiger partial charge in [0, 0.05) is 18.2 Å². The summed E-state index contributed by atoms with van der Waals surface area (Å²) in [7, 11) is 4.68. The van der Waals surface area contributed by atoms with Crippen LogP contribution in [0.15, 0.2) is 12.1 Å². The fraction of sp³-hybridized carbons (Fsp3) is 0.650. The minimum Gasteiger partial charge on any atom is -0.496 e. The maximum atomic E-state index is 13.0. The summed E-state index contributed by atoms with van der Waals surface area (Å²) in [5.41, 5.74) is 0.869. The third kappa shape index (κ3) is 2.55. The molecule has 25 heavy (non-hydrogen) atoms. The van der Waals surface area contributed by atoms with E-state index in [1.54, 1.807) is 33.5 Å². The Labute approximate surface area is 150 Å². The molecule has 3 atom stereocenters. The maximum absolute atomic E-state index is 13.0. The van der Waals surface area contributed by atoms with Crippen molar-refractivity contribution in [1.82, 2.24) is 5.32 Å². The molecule has 3 unspecified atom stereocenters. The predicted octanol–water partition coefficient (Wildman–Crippen LogP) is 3.66. The zero-order chi connectivity index (χ0) is 18.4. The second kappa shape index (κ2) is 6.11. The summed E-state index contributed by atoms with van der Waals surface area (Å²) >= 11 is 0. The molecule has 0 spiro atoms. The van der Waals surface area contributed by atoms with Crippen molar-refractivity contribution in [2.45, 2.75) is 46.1 Å². The van der Waals surface area contributed by atoms with Gasteiger partial charge in [0.1, 0.15) is 5.75 Å². The van der Waals surface area contributed by atoms with Crippen molar-refractivity contribution in [1.29, 1.82) is 0 Å². The summed E-state index contributed by atoms with van der Waals surface area (Å²) in [5, 5.41) is 3.27. The van der Waals surface area contributed by atoms with Crippen molar-refractivity contribution in [3.05, 3.63) is 17.7 Å². The molecule has 3 rings (SSSR count). The van der Waals surface area contributed by atoms with Gasteiger partial charge in [-0.2, -0.15) is 0 Å². The highest BCUT2D eigenvalue weighted by Crippen LogP contribution is 2.65. The van der Waals surface area contributed by atoms with E-state index in [0.717, 1.165) is 6.42 Å². The smallest absolute Gasteiger partial charge is 0.255 e. The van der Waals surface area contributed by atoms with E-state index in [9.17, 15) is 4.79 Å². The largest absolute Gasteiger partial charge is 0.496 e. The number of carbonyl (C=O) groups excluding carboxylic acids is 1. The van der Waals surface area contributed by atoms with E-state index in [1.807, 2.05) is 0 Å². The van der Waals surface area contributed by atoms with Crippen LogP contribution in [-0.4, -0.2) is 33.3 Å². The Kier molecular flexibility index (Phi) is 4.38. The van der Waals surface area contributed by atoms with Crippen molar-refractivity contribution >= 4 is 5.91 Å². The first kappa shape index (κ1) is 17.9. The number of hydrogen-bond acceptors (Lipinski definition) is 4. The monoisotopic (exact) mass is 347 g/mol. The average molecular weight is 347 g/mol. The number of methoxy groups -OCH3 is 3. The van der Waals surface area contributed by atoms with Crippen molar-refractivity contribution < 1.29 is 19.0 Å². The van der Waals surface area contributed by atoms with Gasteiger partial charge in [-0.15, -0.1) is 0 Å². The van der Waals surface area contributed by atoms with Gasteiger partial charge in [-0.1, -0.05) is 20.8 Å². The summed E-state index contributed by atoms with van der Waals surface area (Å²) in [6.45, 7) is 7.00. The summed E-state index contributed by atoms with van der Waals surface area (Å²) in [5.74, 6) is 2.11. The number of carbonyl (C=O) groups is 1. The van der Waals surface area contributed by atoms with Crippen LogP contribution in [0.25, 0.3) is 0 Å². The molecule has 2 aliphatic carbocycles. The summed E-state index contributed by atoms with van der Waals surface area (Å²) in [6, 6.07) is 3.57. The molecule has 2 aliphatic rings. The minimum absolute atomic E-state index is 0.118. The number of ether oxygens (including phenoxy) is 3. The Morgan fingerprint density at radius 2 is 1.64 bits per heavy atom. The van der Waals surface area contributed by atoms with Gasteiger partial charge in [0.25, 0.3) is 5.91 Å². The molecule has 0 radical (unpaired) electrons. The second-order valence-corrected chi connectivity index (χ2v) is 8.04. The third-order valence-corrected chi connectivity index (χ3v) is 7.05. The van der Waals surface area contributed by atoms with Crippen molar-refractivity contribution in [3.8, 4) is 17.2 Å². The standard InChI is InChI=1S/C20H29NO4/c1-19(2)12-7-8-20(19,3)17(9-12)21-18(22)13-10-15(24-5)16(25-6)11-14(13)23-4/h10-12,17H,7-9H2,1-6H3,(H,21,22). The van der Waals surface area contributed by atoms with Crippen molar-refractivity contribution in [2.75, 3.05) is 21.3 Å². The van der Waals surface area contributed by atoms with Gasteiger partial charge in [0.05, 0.1) is 26.9 Å². The van der Waals surface area contributed by atoms with Crippen LogP contribution in [-0.2, 0) is 0 Å². The Morgan fingerprint density at radius 3 is 2.12 bits per heavy atom. The predicted molar refractivity (Wildman–Crippen MR) is 96.6 cm³/mol. The Balaban J connectivity index is 1.87. The van der Waals surface area contributed by atoms with Crippen LogP contribution >= 0.6 is 0 Å². The molecule has 0 aliphatic heterocycles. The maximum Gasteiger partial charge on any atom is 0.255 e. The van der Waals surface area contributed by atoms with Crippen LogP contribution in [0.4, 0.5) is 0 Å². The minimum atomic E-state index is -0.118. The first-order valence-electron chi connectivity index (χ1n) is 8.89. The Hall–Kier alpha value is -1.91. The molecular formula is C20H29NO4. The molecule has 0 heterocycles. The molecule has 1 aromatic rings. The molecule has 1 aromatic carbocycles. The zero-order valence-corrected chi connectivity index (χ0v) is 16.1. The molecule has 0 aromatic heterocycles. The molecule has 138 valence electrons. The number of benzene rings is 1. The van der Waals surface area contributed by atoms with Gasteiger partial charge in [0.2, 0.25) is 0 Å². The van der Waals surface area contributed by atoms with E-state index in [2.05, 4.69) is 26.1 Å². The molecule has 0 saturated heterocycles. The van der Waals surface area contributed by atoms with E-state index in [4.69, 9.17) is 14.2 Å². The molecule has 5 nitrogen and oxygen atoms in total. The summed E-state index contributed by atoms with van der Waals surface area (Å²) in [4.78, 5) is 13.0.